The summed E-state index contributed by atoms with van der Waals surface area (Å²) in [5.41, 5.74) is 2.48. The maximum atomic E-state index is 12.7. The van der Waals surface area contributed by atoms with Gasteiger partial charge in [0.1, 0.15) is 5.75 Å². The van der Waals surface area contributed by atoms with E-state index in [1.165, 1.54) is 30.9 Å². The van der Waals surface area contributed by atoms with Gasteiger partial charge in [-0.15, -0.1) is 0 Å². The zero-order chi connectivity index (χ0) is 21.0. The lowest BCUT2D eigenvalue weighted by atomic mass is 10.1. The van der Waals surface area contributed by atoms with E-state index in [0.29, 0.717) is 6.42 Å². The Kier molecular flexibility index (Phi) is 6.34. The van der Waals surface area contributed by atoms with Crippen molar-refractivity contribution in [2.75, 3.05) is 18.6 Å². The van der Waals surface area contributed by atoms with Crippen LogP contribution in [0.2, 0.25) is 0 Å². The van der Waals surface area contributed by atoms with Crippen LogP contribution in [0, 0.1) is 6.92 Å². The van der Waals surface area contributed by atoms with Gasteiger partial charge < -0.3 is 4.74 Å². The molecule has 1 fully saturated rings. The molecule has 1 N–H and O–H groups in total. The highest BCUT2D eigenvalue weighted by Gasteiger charge is 2.33. The Morgan fingerprint density at radius 3 is 2.31 bits per heavy atom. The van der Waals surface area contributed by atoms with Crippen molar-refractivity contribution in [1.82, 2.24) is 4.72 Å². The maximum absolute atomic E-state index is 12.7. The van der Waals surface area contributed by atoms with Crippen LogP contribution in [-0.2, 0) is 26.0 Å². The molecule has 1 saturated heterocycles. The number of aryl methyl sites for hydroxylation is 2. The SMILES string of the molecule is COc1ccc(S(=O)(=O)NCCCc2ccc(C)cc2)cc1N1C(=O)CCC1=O. The molecule has 0 spiro atoms. The molecule has 0 radical (unpaired) electrons. The van der Waals surface area contributed by atoms with E-state index in [0.717, 1.165) is 16.9 Å². The average Bonchev–Trinajstić information content (AvgIpc) is 3.04. The van der Waals surface area contributed by atoms with Crippen molar-refractivity contribution in [1.29, 1.82) is 0 Å². The van der Waals surface area contributed by atoms with Gasteiger partial charge in [0.05, 0.1) is 17.7 Å². The molecule has 29 heavy (non-hydrogen) atoms. The molecular formula is C21H24N2O5S. The summed E-state index contributed by atoms with van der Waals surface area (Å²) in [4.78, 5) is 25.1. The summed E-state index contributed by atoms with van der Waals surface area (Å²) >= 11 is 0. The fraction of sp³-hybridized carbons (Fsp3) is 0.333. The topological polar surface area (TPSA) is 92.8 Å². The van der Waals surface area contributed by atoms with Gasteiger partial charge in [0.25, 0.3) is 0 Å². The van der Waals surface area contributed by atoms with E-state index in [-0.39, 0.29) is 47.5 Å². The van der Waals surface area contributed by atoms with Crippen LogP contribution in [0.5, 0.6) is 5.75 Å². The van der Waals surface area contributed by atoms with E-state index in [9.17, 15) is 18.0 Å². The molecule has 7 nitrogen and oxygen atoms in total. The number of nitrogens with one attached hydrogen (secondary N) is 1. The summed E-state index contributed by atoms with van der Waals surface area (Å²) in [5.74, 6) is -0.463. The van der Waals surface area contributed by atoms with Crippen LogP contribution in [0.15, 0.2) is 47.4 Å². The zero-order valence-electron chi connectivity index (χ0n) is 16.5. The van der Waals surface area contributed by atoms with Crippen LogP contribution < -0.4 is 14.4 Å². The second-order valence-electron chi connectivity index (χ2n) is 6.94. The monoisotopic (exact) mass is 416 g/mol. The smallest absolute Gasteiger partial charge is 0.240 e. The van der Waals surface area contributed by atoms with Gasteiger partial charge in [0.2, 0.25) is 21.8 Å². The second kappa shape index (κ2) is 8.75. The lowest BCUT2D eigenvalue weighted by Gasteiger charge is -2.18. The number of carbonyl (C=O) groups is 2. The van der Waals surface area contributed by atoms with Gasteiger partial charge in [-0.2, -0.15) is 0 Å². The molecule has 1 aliphatic heterocycles. The minimum atomic E-state index is -3.79. The summed E-state index contributed by atoms with van der Waals surface area (Å²) < 4.78 is 33.1. The average molecular weight is 416 g/mol. The molecular weight excluding hydrogens is 392 g/mol. The lowest BCUT2D eigenvalue weighted by Crippen LogP contribution is -2.30. The normalized spacial score (nSPS) is 14.5. The molecule has 0 saturated carbocycles. The van der Waals surface area contributed by atoms with Gasteiger partial charge in [-0.25, -0.2) is 18.0 Å². The van der Waals surface area contributed by atoms with Crippen LogP contribution in [0.1, 0.15) is 30.4 Å². The fourth-order valence-corrected chi connectivity index (χ4v) is 4.29. The number of ether oxygens (including phenoxy) is 1. The third-order valence-corrected chi connectivity index (χ3v) is 6.27. The molecule has 1 aliphatic rings. The number of hydrogen-bond acceptors (Lipinski definition) is 5. The third-order valence-electron chi connectivity index (χ3n) is 4.81. The van der Waals surface area contributed by atoms with Gasteiger partial charge >= 0.3 is 0 Å². The summed E-state index contributed by atoms with van der Waals surface area (Å²) in [5, 5.41) is 0. The number of carbonyl (C=O) groups excluding carboxylic acids is 2. The minimum absolute atomic E-state index is 0.0175. The third kappa shape index (κ3) is 4.83. The molecule has 0 bridgehead atoms. The van der Waals surface area contributed by atoms with Crippen molar-refractivity contribution in [3.8, 4) is 5.75 Å². The summed E-state index contributed by atoms with van der Waals surface area (Å²) in [6.45, 7) is 2.30. The highest BCUT2D eigenvalue weighted by atomic mass is 32.2. The number of hydrogen-bond donors (Lipinski definition) is 1. The predicted octanol–water partition coefficient (Wildman–Crippen LogP) is 2.57. The number of methoxy groups -OCH3 is 1. The molecule has 0 unspecified atom stereocenters. The molecule has 2 aromatic carbocycles. The van der Waals surface area contributed by atoms with Crippen molar-refractivity contribution in [3.05, 3.63) is 53.6 Å². The number of nitrogens with zero attached hydrogens (tertiary/aromatic N) is 1. The first kappa shape index (κ1) is 21.0. The number of rotatable bonds is 8. The van der Waals surface area contributed by atoms with E-state index in [4.69, 9.17) is 4.74 Å². The van der Waals surface area contributed by atoms with Crippen molar-refractivity contribution >= 4 is 27.5 Å². The Morgan fingerprint density at radius 1 is 1.03 bits per heavy atom. The van der Waals surface area contributed by atoms with E-state index < -0.39 is 10.0 Å². The lowest BCUT2D eigenvalue weighted by molar-refractivity contribution is -0.121. The van der Waals surface area contributed by atoms with E-state index in [2.05, 4.69) is 4.72 Å². The van der Waals surface area contributed by atoms with Crippen LogP contribution in [0.4, 0.5) is 5.69 Å². The largest absolute Gasteiger partial charge is 0.495 e. The van der Waals surface area contributed by atoms with Crippen molar-refractivity contribution in [2.45, 2.75) is 37.5 Å². The van der Waals surface area contributed by atoms with Gasteiger partial charge in [-0.05, 0) is 43.5 Å². The number of anilines is 1. The van der Waals surface area contributed by atoms with Gasteiger partial charge in [-0.3, -0.25) is 9.59 Å². The maximum Gasteiger partial charge on any atom is 0.240 e. The predicted molar refractivity (Wildman–Crippen MR) is 109 cm³/mol. The Labute approximate surface area is 170 Å². The van der Waals surface area contributed by atoms with Crippen molar-refractivity contribution in [2.24, 2.45) is 0 Å². The molecule has 0 aliphatic carbocycles. The standard InChI is InChI=1S/C21H24N2O5S/c1-15-5-7-16(8-6-15)4-3-13-22-29(26,27)17-9-10-19(28-2)18(14-17)23-20(24)11-12-21(23)25/h5-10,14,22H,3-4,11-13H2,1-2H3. The molecule has 3 rings (SSSR count). The molecule has 1 heterocycles. The summed E-state index contributed by atoms with van der Waals surface area (Å²) in [6.07, 6.45) is 1.62. The minimum Gasteiger partial charge on any atom is -0.495 e. The highest BCUT2D eigenvalue weighted by Crippen LogP contribution is 2.34. The van der Waals surface area contributed by atoms with Gasteiger partial charge in [0.15, 0.2) is 0 Å². The second-order valence-corrected chi connectivity index (χ2v) is 8.71. The fourth-order valence-electron chi connectivity index (χ4n) is 3.19. The Morgan fingerprint density at radius 2 is 1.69 bits per heavy atom. The summed E-state index contributed by atoms with van der Waals surface area (Å²) in [7, 11) is -2.38. The first-order chi connectivity index (χ1) is 13.8. The quantitative estimate of drug-likeness (QED) is 0.527. The van der Waals surface area contributed by atoms with Gasteiger partial charge in [-0.1, -0.05) is 29.8 Å². The molecule has 0 atom stereocenters. The van der Waals surface area contributed by atoms with E-state index in [1.807, 2.05) is 31.2 Å². The number of sulfonamides is 1. The molecule has 8 heteroatoms. The Bertz CT molecular complexity index is 1000. The van der Waals surface area contributed by atoms with Crippen molar-refractivity contribution in [3.63, 3.8) is 0 Å². The van der Waals surface area contributed by atoms with E-state index >= 15 is 0 Å². The zero-order valence-corrected chi connectivity index (χ0v) is 17.3. The summed E-state index contributed by atoms with van der Waals surface area (Å²) in [6, 6.07) is 12.3. The Hall–Kier alpha value is -2.71. The first-order valence-corrected chi connectivity index (χ1v) is 10.9. The Balaban J connectivity index is 1.71. The molecule has 0 aromatic heterocycles. The molecule has 2 aromatic rings. The van der Waals surface area contributed by atoms with Crippen LogP contribution in [0.3, 0.4) is 0 Å². The highest BCUT2D eigenvalue weighted by molar-refractivity contribution is 7.89. The molecule has 154 valence electrons. The number of imide groups is 1. The van der Waals surface area contributed by atoms with Crippen molar-refractivity contribution < 1.29 is 22.7 Å². The first-order valence-electron chi connectivity index (χ1n) is 9.41. The van der Waals surface area contributed by atoms with Crippen LogP contribution in [-0.4, -0.2) is 33.9 Å². The van der Waals surface area contributed by atoms with Crippen LogP contribution >= 0.6 is 0 Å². The number of amides is 2. The van der Waals surface area contributed by atoms with Crippen LogP contribution in [0.25, 0.3) is 0 Å². The van der Waals surface area contributed by atoms with Gasteiger partial charge in [0, 0.05) is 19.4 Å². The van der Waals surface area contributed by atoms with E-state index in [1.54, 1.807) is 0 Å². The molecule has 2 amide bonds. The number of benzene rings is 2.